The van der Waals surface area contributed by atoms with Gasteiger partial charge < -0.3 is 5.73 Å². The quantitative estimate of drug-likeness (QED) is 0.849. The summed E-state index contributed by atoms with van der Waals surface area (Å²) < 4.78 is 12.5. The van der Waals surface area contributed by atoms with Gasteiger partial charge in [-0.1, -0.05) is 41.3 Å². The van der Waals surface area contributed by atoms with Crippen molar-refractivity contribution in [3.63, 3.8) is 0 Å². The second-order valence-electron chi connectivity index (χ2n) is 4.71. The average molecular weight is 351 g/mol. The highest BCUT2D eigenvalue weighted by Gasteiger charge is 2.14. The third-order valence-corrected chi connectivity index (χ3v) is 3.84. The van der Waals surface area contributed by atoms with Crippen LogP contribution in [-0.4, -0.2) is 10.9 Å². The monoisotopic (exact) mass is 350 g/mol. The lowest BCUT2D eigenvalue weighted by Crippen LogP contribution is -2.13. The van der Waals surface area contributed by atoms with Crippen molar-refractivity contribution < 1.29 is 9.18 Å². The van der Waals surface area contributed by atoms with Crippen LogP contribution in [0.2, 0.25) is 10.0 Å². The summed E-state index contributed by atoms with van der Waals surface area (Å²) in [5, 5.41) is 0.480. The lowest BCUT2D eigenvalue weighted by atomic mass is 10.1. The Labute approximate surface area is 143 Å². The predicted octanol–water partition coefficient (Wildman–Crippen LogP) is 3.94. The van der Waals surface area contributed by atoms with E-state index in [1.54, 1.807) is 30.3 Å². The van der Waals surface area contributed by atoms with Gasteiger partial charge >= 0.3 is 0 Å². The Bertz CT molecular complexity index is 797. The molecule has 0 bridgehead atoms. The van der Waals surface area contributed by atoms with Gasteiger partial charge in [-0.2, -0.15) is 0 Å². The van der Waals surface area contributed by atoms with Crippen molar-refractivity contribution in [3.05, 3.63) is 62.9 Å². The summed E-state index contributed by atoms with van der Waals surface area (Å²) in [5.74, 6) is 5.15. The van der Waals surface area contributed by atoms with Gasteiger partial charge in [0.15, 0.2) is 0 Å². The van der Waals surface area contributed by atoms with Gasteiger partial charge in [-0.15, -0.1) is 0 Å². The van der Waals surface area contributed by atoms with Crippen LogP contribution in [-0.2, 0) is 13.1 Å². The molecule has 0 aliphatic rings. The van der Waals surface area contributed by atoms with Crippen LogP contribution in [0.4, 0.5) is 4.39 Å². The van der Waals surface area contributed by atoms with Crippen LogP contribution in [0.25, 0.3) is 0 Å². The number of nitrogens with two attached hydrogens (primary N) is 1. The number of hydrogen-bond donors (Lipinski definition) is 1. The number of aromatic nitrogens is 1. The number of carbonyl (C=O) groups excluding carboxylic acids is 1. The Morgan fingerprint density at radius 3 is 2.74 bits per heavy atom. The fraction of sp³-hybridized carbons (Fsp3) is 0.176. The SMILES string of the molecule is NC(=O)c1c(Cl)ccc(CCC#Cc2cccc(CF)n2)c1Cl. The van der Waals surface area contributed by atoms with Crippen molar-refractivity contribution in [1.82, 2.24) is 4.98 Å². The molecule has 1 amide bonds. The zero-order valence-corrected chi connectivity index (χ0v) is 13.6. The molecular weight excluding hydrogens is 338 g/mol. The number of primary amides is 1. The van der Waals surface area contributed by atoms with E-state index in [4.69, 9.17) is 28.9 Å². The molecule has 2 rings (SSSR count). The van der Waals surface area contributed by atoms with E-state index in [0.717, 1.165) is 5.56 Å². The first-order chi connectivity index (χ1) is 11.0. The van der Waals surface area contributed by atoms with Crippen LogP contribution in [0.5, 0.6) is 0 Å². The Hall–Kier alpha value is -2.09. The number of pyridine rings is 1. The molecule has 6 heteroatoms. The minimum atomic E-state index is -0.667. The van der Waals surface area contributed by atoms with Gasteiger partial charge in [-0.3, -0.25) is 4.79 Å². The first kappa shape index (κ1) is 17.3. The fourth-order valence-electron chi connectivity index (χ4n) is 1.99. The number of benzene rings is 1. The third-order valence-electron chi connectivity index (χ3n) is 3.10. The maximum Gasteiger partial charge on any atom is 0.251 e. The number of rotatable bonds is 4. The van der Waals surface area contributed by atoms with E-state index in [9.17, 15) is 9.18 Å². The molecule has 118 valence electrons. The van der Waals surface area contributed by atoms with E-state index in [-0.39, 0.29) is 15.6 Å². The lowest BCUT2D eigenvalue weighted by molar-refractivity contribution is 0.100. The molecule has 1 heterocycles. The van der Waals surface area contributed by atoms with Crippen LogP contribution >= 0.6 is 23.2 Å². The molecule has 0 aliphatic carbocycles. The van der Waals surface area contributed by atoms with E-state index in [0.29, 0.717) is 24.2 Å². The van der Waals surface area contributed by atoms with Crippen LogP contribution in [0, 0.1) is 11.8 Å². The average Bonchev–Trinajstić information content (AvgIpc) is 2.53. The first-order valence-corrected chi connectivity index (χ1v) is 7.56. The predicted molar refractivity (Wildman–Crippen MR) is 89.2 cm³/mol. The number of amides is 1. The van der Waals surface area contributed by atoms with Gasteiger partial charge in [0.25, 0.3) is 5.91 Å². The molecule has 0 radical (unpaired) electrons. The maximum atomic E-state index is 12.5. The number of hydrogen-bond acceptors (Lipinski definition) is 2. The fourth-order valence-corrected chi connectivity index (χ4v) is 2.64. The molecule has 0 saturated heterocycles. The summed E-state index contributed by atoms with van der Waals surface area (Å²) in [5.41, 5.74) is 6.99. The Morgan fingerprint density at radius 1 is 1.26 bits per heavy atom. The summed E-state index contributed by atoms with van der Waals surface area (Å²) in [7, 11) is 0. The Kier molecular flexibility index (Phi) is 5.97. The first-order valence-electron chi connectivity index (χ1n) is 6.80. The van der Waals surface area contributed by atoms with E-state index in [1.807, 2.05) is 0 Å². The summed E-state index contributed by atoms with van der Waals surface area (Å²) in [6, 6.07) is 8.35. The second kappa shape index (κ2) is 7.96. The molecule has 2 N–H and O–H groups in total. The molecule has 23 heavy (non-hydrogen) atoms. The summed E-state index contributed by atoms with van der Waals surface area (Å²) in [6.07, 6.45) is 1.03. The van der Waals surface area contributed by atoms with Crippen LogP contribution < -0.4 is 5.73 Å². The molecule has 2 aromatic rings. The van der Waals surface area contributed by atoms with Crippen LogP contribution in [0.1, 0.15) is 33.7 Å². The molecule has 0 spiro atoms. The van der Waals surface area contributed by atoms with E-state index in [1.165, 1.54) is 0 Å². The Morgan fingerprint density at radius 2 is 2.04 bits per heavy atom. The molecule has 1 aromatic carbocycles. The zero-order chi connectivity index (χ0) is 16.8. The van der Waals surface area contributed by atoms with Crippen molar-refractivity contribution in [2.45, 2.75) is 19.5 Å². The van der Waals surface area contributed by atoms with Gasteiger partial charge in [0, 0.05) is 6.42 Å². The molecule has 0 unspecified atom stereocenters. The standard InChI is InChI=1S/C17H13Cl2FN2O/c18-14-9-8-11(16(19)15(14)17(21)23)4-1-2-5-12-6-3-7-13(10-20)22-12/h3,6-9H,1,4,10H2,(H2,21,23). The maximum absolute atomic E-state index is 12.5. The second-order valence-corrected chi connectivity index (χ2v) is 5.49. The topological polar surface area (TPSA) is 56.0 Å². The van der Waals surface area contributed by atoms with Gasteiger partial charge in [0.2, 0.25) is 0 Å². The highest BCUT2D eigenvalue weighted by Crippen LogP contribution is 2.28. The number of alkyl halides is 1. The molecule has 1 aromatic heterocycles. The molecular formula is C17H13Cl2FN2O. The number of nitrogens with zero attached hydrogens (tertiary/aromatic N) is 1. The molecule has 0 saturated carbocycles. The Balaban J connectivity index is 2.09. The van der Waals surface area contributed by atoms with Crippen molar-refractivity contribution in [1.29, 1.82) is 0 Å². The van der Waals surface area contributed by atoms with Crippen LogP contribution in [0.15, 0.2) is 30.3 Å². The summed E-state index contributed by atoms with van der Waals surface area (Å²) in [6.45, 7) is -0.619. The largest absolute Gasteiger partial charge is 0.366 e. The highest BCUT2D eigenvalue weighted by atomic mass is 35.5. The van der Waals surface area contributed by atoms with Crippen molar-refractivity contribution >= 4 is 29.1 Å². The zero-order valence-electron chi connectivity index (χ0n) is 12.1. The lowest BCUT2D eigenvalue weighted by Gasteiger charge is -2.07. The molecule has 0 aliphatic heterocycles. The normalized spacial score (nSPS) is 10.0. The summed E-state index contributed by atoms with van der Waals surface area (Å²) >= 11 is 12.1. The van der Waals surface area contributed by atoms with Gasteiger partial charge in [-0.25, -0.2) is 9.37 Å². The van der Waals surface area contributed by atoms with Crippen molar-refractivity contribution in [2.75, 3.05) is 0 Å². The number of aryl methyl sites for hydroxylation is 1. The smallest absolute Gasteiger partial charge is 0.251 e. The third kappa shape index (κ3) is 4.44. The molecule has 3 nitrogen and oxygen atoms in total. The van der Waals surface area contributed by atoms with Gasteiger partial charge in [0.1, 0.15) is 12.4 Å². The van der Waals surface area contributed by atoms with Crippen molar-refractivity contribution in [2.24, 2.45) is 5.73 Å². The highest BCUT2D eigenvalue weighted by molar-refractivity contribution is 6.40. The minimum absolute atomic E-state index is 0.121. The van der Waals surface area contributed by atoms with E-state index in [2.05, 4.69) is 16.8 Å². The van der Waals surface area contributed by atoms with Crippen LogP contribution in [0.3, 0.4) is 0 Å². The number of carbonyl (C=O) groups is 1. The summed E-state index contributed by atoms with van der Waals surface area (Å²) in [4.78, 5) is 15.4. The number of halogens is 3. The van der Waals surface area contributed by atoms with E-state index < -0.39 is 12.6 Å². The minimum Gasteiger partial charge on any atom is -0.366 e. The van der Waals surface area contributed by atoms with E-state index >= 15 is 0 Å². The van der Waals surface area contributed by atoms with Gasteiger partial charge in [0.05, 0.1) is 21.3 Å². The molecule has 0 atom stereocenters. The van der Waals surface area contributed by atoms with Crippen molar-refractivity contribution in [3.8, 4) is 11.8 Å². The van der Waals surface area contributed by atoms with Gasteiger partial charge in [-0.05, 0) is 36.1 Å². The molecule has 0 fully saturated rings.